The van der Waals surface area contributed by atoms with E-state index in [1.165, 1.54) is 4.31 Å². The molecule has 0 amide bonds. The number of hydrogen-bond donors (Lipinski definition) is 0. The van der Waals surface area contributed by atoms with Crippen LogP contribution < -0.4 is 5.76 Å². The zero-order chi connectivity index (χ0) is 21.3. The molecule has 0 radical (unpaired) electrons. The van der Waals surface area contributed by atoms with Crippen LogP contribution in [0, 0.1) is 11.6 Å². The highest BCUT2D eigenvalue weighted by molar-refractivity contribution is 7.89. The van der Waals surface area contributed by atoms with Gasteiger partial charge >= 0.3 is 5.76 Å². The van der Waals surface area contributed by atoms with Crippen LogP contribution in [0.25, 0.3) is 11.1 Å². The number of sulfonamides is 1. The molecule has 1 fully saturated rings. The van der Waals surface area contributed by atoms with Gasteiger partial charge in [0.05, 0.1) is 10.4 Å². The van der Waals surface area contributed by atoms with Crippen molar-refractivity contribution in [2.24, 2.45) is 0 Å². The first kappa shape index (κ1) is 20.7. The number of fused-ring (bicyclic) bond motifs is 1. The van der Waals surface area contributed by atoms with Crippen molar-refractivity contribution in [3.8, 4) is 0 Å². The van der Waals surface area contributed by atoms with Crippen molar-refractivity contribution in [1.82, 2.24) is 13.8 Å². The van der Waals surface area contributed by atoms with Gasteiger partial charge in [-0.1, -0.05) is 12.1 Å². The average Bonchev–Trinajstić information content (AvgIpc) is 3.05. The second kappa shape index (κ2) is 8.29. The molecule has 0 aliphatic carbocycles. The Morgan fingerprint density at radius 1 is 0.933 bits per heavy atom. The molecule has 0 N–H and O–H groups in total. The van der Waals surface area contributed by atoms with Crippen molar-refractivity contribution in [3.63, 3.8) is 0 Å². The molecule has 2 heterocycles. The third-order valence-electron chi connectivity index (χ3n) is 5.29. The first-order valence-corrected chi connectivity index (χ1v) is 11.1. The molecular weight excluding hydrogens is 416 g/mol. The van der Waals surface area contributed by atoms with E-state index >= 15 is 0 Å². The van der Waals surface area contributed by atoms with Crippen molar-refractivity contribution in [2.75, 3.05) is 32.7 Å². The summed E-state index contributed by atoms with van der Waals surface area (Å²) >= 11 is 0. The Labute approximate surface area is 172 Å². The lowest BCUT2D eigenvalue weighted by Crippen LogP contribution is -2.48. The van der Waals surface area contributed by atoms with Crippen molar-refractivity contribution in [3.05, 3.63) is 64.6 Å². The zero-order valence-electron chi connectivity index (χ0n) is 16.1. The first-order valence-electron chi connectivity index (χ1n) is 9.62. The van der Waals surface area contributed by atoms with Gasteiger partial charge in [0.25, 0.3) is 0 Å². The predicted molar refractivity (Wildman–Crippen MR) is 107 cm³/mol. The molecule has 160 valence electrons. The molecule has 0 atom stereocenters. The number of halogens is 2. The molecule has 3 aromatic rings. The molecular formula is C20H21F2N3O4S. The molecule has 0 bridgehead atoms. The largest absolute Gasteiger partial charge is 0.419 e. The molecule has 30 heavy (non-hydrogen) atoms. The fraction of sp³-hybridized carbons (Fsp3) is 0.350. The number of aryl methyl sites for hydroxylation is 1. The number of oxazole rings is 1. The van der Waals surface area contributed by atoms with E-state index in [1.54, 1.807) is 10.6 Å². The monoisotopic (exact) mass is 437 g/mol. The Bertz CT molecular complexity index is 1210. The van der Waals surface area contributed by atoms with Gasteiger partial charge in [0.15, 0.2) is 17.2 Å². The van der Waals surface area contributed by atoms with E-state index in [9.17, 15) is 22.0 Å². The number of aromatic nitrogens is 1. The normalized spacial score (nSPS) is 16.3. The predicted octanol–water partition coefficient (Wildman–Crippen LogP) is 2.27. The number of para-hydroxylation sites is 2. The van der Waals surface area contributed by atoms with Crippen LogP contribution in [-0.2, 0) is 16.6 Å². The van der Waals surface area contributed by atoms with E-state index < -0.39 is 27.4 Å². The number of nitrogens with zero attached hydrogens (tertiary/aromatic N) is 3. The highest BCUT2D eigenvalue weighted by Crippen LogP contribution is 2.20. The maximum atomic E-state index is 13.4. The molecule has 2 aromatic carbocycles. The van der Waals surface area contributed by atoms with Crippen LogP contribution in [0.1, 0.15) is 6.42 Å². The van der Waals surface area contributed by atoms with Crippen LogP contribution in [0.4, 0.5) is 8.78 Å². The molecule has 0 unspecified atom stereocenters. The van der Waals surface area contributed by atoms with Crippen LogP contribution in [0.2, 0.25) is 0 Å². The van der Waals surface area contributed by atoms with E-state index in [1.807, 2.05) is 18.2 Å². The van der Waals surface area contributed by atoms with Gasteiger partial charge in [-0.15, -0.1) is 0 Å². The van der Waals surface area contributed by atoms with Crippen molar-refractivity contribution < 1.29 is 21.6 Å². The van der Waals surface area contributed by atoms with Crippen LogP contribution in [0.5, 0.6) is 0 Å². The number of rotatable bonds is 6. The van der Waals surface area contributed by atoms with Crippen molar-refractivity contribution in [2.45, 2.75) is 17.9 Å². The van der Waals surface area contributed by atoms with Gasteiger partial charge < -0.3 is 9.32 Å². The minimum Gasteiger partial charge on any atom is -0.408 e. The summed E-state index contributed by atoms with van der Waals surface area (Å²) in [6.45, 7) is 2.76. The van der Waals surface area contributed by atoms with Crippen molar-refractivity contribution >= 4 is 21.1 Å². The topological polar surface area (TPSA) is 75.8 Å². The molecule has 0 spiro atoms. The maximum Gasteiger partial charge on any atom is 0.419 e. The van der Waals surface area contributed by atoms with Gasteiger partial charge in [0, 0.05) is 32.7 Å². The molecule has 10 heteroatoms. The van der Waals surface area contributed by atoms with Gasteiger partial charge in [0.2, 0.25) is 10.0 Å². The van der Waals surface area contributed by atoms with Gasteiger partial charge in [-0.3, -0.25) is 4.57 Å². The van der Waals surface area contributed by atoms with E-state index in [4.69, 9.17) is 4.42 Å². The summed E-state index contributed by atoms with van der Waals surface area (Å²) in [7, 11) is -3.87. The quantitative estimate of drug-likeness (QED) is 0.592. The Kier molecular flexibility index (Phi) is 5.72. The van der Waals surface area contributed by atoms with Gasteiger partial charge in [-0.05, 0) is 43.3 Å². The third kappa shape index (κ3) is 4.03. The lowest BCUT2D eigenvalue weighted by Gasteiger charge is -2.34. The summed E-state index contributed by atoms with van der Waals surface area (Å²) in [5.74, 6) is -2.65. The second-order valence-electron chi connectivity index (χ2n) is 7.16. The summed E-state index contributed by atoms with van der Waals surface area (Å²) < 4.78 is 59.9. The standard InChI is InChI=1S/C20H21F2N3O4S/c21-16-7-6-15(14-17(16)22)30(27,28)24-12-10-23(11-13-24)8-3-9-25-18-4-1-2-5-19(18)29-20(25)26/h1-2,4-7,14H,3,8-13H2. The highest BCUT2D eigenvalue weighted by atomic mass is 32.2. The minimum absolute atomic E-state index is 0.249. The van der Waals surface area contributed by atoms with Gasteiger partial charge in [-0.2, -0.15) is 4.31 Å². The fourth-order valence-corrected chi connectivity index (χ4v) is 5.09. The summed E-state index contributed by atoms with van der Waals surface area (Å²) in [6, 6.07) is 9.85. The number of piperazine rings is 1. The zero-order valence-corrected chi connectivity index (χ0v) is 16.9. The van der Waals surface area contributed by atoms with Crippen LogP contribution in [0.15, 0.2) is 56.6 Å². The van der Waals surface area contributed by atoms with E-state index in [0.29, 0.717) is 44.2 Å². The smallest absolute Gasteiger partial charge is 0.408 e. The third-order valence-corrected chi connectivity index (χ3v) is 7.18. The summed E-state index contributed by atoms with van der Waals surface area (Å²) in [5, 5.41) is 0. The number of hydrogen-bond acceptors (Lipinski definition) is 5. The van der Waals surface area contributed by atoms with Gasteiger partial charge in [0.1, 0.15) is 0 Å². The van der Waals surface area contributed by atoms with Crippen molar-refractivity contribution in [1.29, 1.82) is 0 Å². The Morgan fingerprint density at radius 2 is 1.67 bits per heavy atom. The van der Waals surface area contributed by atoms with Crippen LogP contribution >= 0.6 is 0 Å². The first-order chi connectivity index (χ1) is 14.4. The maximum absolute atomic E-state index is 13.4. The number of benzene rings is 2. The molecule has 1 aromatic heterocycles. The average molecular weight is 437 g/mol. The lowest BCUT2D eigenvalue weighted by molar-refractivity contribution is 0.184. The highest BCUT2D eigenvalue weighted by Gasteiger charge is 2.29. The molecule has 7 nitrogen and oxygen atoms in total. The van der Waals surface area contributed by atoms with Crippen LogP contribution in [-0.4, -0.2) is 54.9 Å². The fourth-order valence-electron chi connectivity index (χ4n) is 3.66. The molecule has 1 aliphatic rings. The van der Waals surface area contributed by atoms with Gasteiger partial charge in [-0.25, -0.2) is 22.0 Å². The SMILES string of the molecule is O=c1oc2ccccc2n1CCCN1CCN(S(=O)(=O)c2ccc(F)c(F)c2)CC1. The lowest BCUT2D eigenvalue weighted by atomic mass is 10.3. The Morgan fingerprint density at radius 3 is 2.40 bits per heavy atom. The second-order valence-corrected chi connectivity index (χ2v) is 9.10. The minimum atomic E-state index is -3.87. The van der Waals surface area contributed by atoms with E-state index in [0.717, 1.165) is 17.6 Å². The van der Waals surface area contributed by atoms with Crippen LogP contribution in [0.3, 0.4) is 0 Å². The molecule has 1 aliphatic heterocycles. The molecule has 1 saturated heterocycles. The summed E-state index contributed by atoms with van der Waals surface area (Å²) in [4.78, 5) is 13.9. The summed E-state index contributed by atoms with van der Waals surface area (Å²) in [6.07, 6.45) is 0.708. The Balaban J connectivity index is 1.33. The Hall–Kier alpha value is -2.56. The van der Waals surface area contributed by atoms with E-state index in [2.05, 4.69) is 4.90 Å². The molecule has 0 saturated carbocycles. The summed E-state index contributed by atoms with van der Waals surface area (Å²) in [5.41, 5.74) is 1.31. The molecule has 4 rings (SSSR count). The van der Waals surface area contributed by atoms with E-state index in [-0.39, 0.29) is 18.0 Å².